The Balaban J connectivity index is 2.90. The lowest BCUT2D eigenvalue weighted by atomic mass is 10.0. The van der Waals surface area contributed by atoms with Crippen LogP contribution in [0.3, 0.4) is 0 Å². The summed E-state index contributed by atoms with van der Waals surface area (Å²) >= 11 is 0. The SMILES string of the molecule is COC(=O)CC(N)C(=O)c1ccc(OC)c(OC)c1. The van der Waals surface area contributed by atoms with Gasteiger partial charge in [-0.2, -0.15) is 0 Å². The van der Waals surface area contributed by atoms with Crippen molar-refractivity contribution in [1.82, 2.24) is 0 Å². The lowest BCUT2D eigenvalue weighted by molar-refractivity contribution is -0.140. The van der Waals surface area contributed by atoms with E-state index in [0.717, 1.165) is 0 Å². The van der Waals surface area contributed by atoms with Gasteiger partial charge in [-0.15, -0.1) is 0 Å². The Hall–Kier alpha value is -2.08. The number of carbonyl (C=O) groups is 2. The Morgan fingerprint density at radius 1 is 1.16 bits per heavy atom. The molecule has 0 saturated heterocycles. The van der Waals surface area contributed by atoms with Gasteiger partial charge >= 0.3 is 5.97 Å². The molecule has 19 heavy (non-hydrogen) atoms. The number of ketones is 1. The summed E-state index contributed by atoms with van der Waals surface area (Å²) < 4.78 is 14.6. The average Bonchev–Trinajstić information content (AvgIpc) is 2.45. The molecule has 0 heterocycles. The molecule has 1 aromatic rings. The van der Waals surface area contributed by atoms with Crippen LogP contribution in [0.15, 0.2) is 18.2 Å². The number of nitrogens with two attached hydrogens (primary N) is 1. The monoisotopic (exact) mass is 267 g/mol. The summed E-state index contributed by atoms with van der Waals surface area (Å²) in [6.07, 6.45) is -0.163. The minimum Gasteiger partial charge on any atom is -0.493 e. The smallest absolute Gasteiger partial charge is 0.307 e. The number of ether oxygens (including phenoxy) is 3. The lowest BCUT2D eigenvalue weighted by Gasteiger charge is -2.12. The average molecular weight is 267 g/mol. The predicted octanol–water partition coefficient (Wildman–Crippen LogP) is 0.777. The predicted molar refractivity (Wildman–Crippen MR) is 68.5 cm³/mol. The summed E-state index contributed by atoms with van der Waals surface area (Å²) in [6.45, 7) is 0. The largest absolute Gasteiger partial charge is 0.493 e. The van der Waals surface area contributed by atoms with Crippen molar-refractivity contribution in [2.24, 2.45) is 5.73 Å². The molecular weight excluding hydrogens is 250 g/mol. The first-order chi connectivity index (χ1) is 9.03. The van der Waals surface area contributed by atoms with Crippen LogP contribution in [0.4, 0.5) is 0 Å². The van der Waals surface area contributed by atoms with Gasteiger partial charge in [0.05, 0.1) is 33.8 Å². The fourth-order valence-electron chi connectivity index (χ4n) is 1.56. The summed E-state index contributed by atoms with van der Waals surface area (Å²) in [5, 5.41) is 0. The van der Waals surface area contributed by atoms with Gasteiger partial charge in [-0.3, -0.25) is 9.59 Å². The third-order valence-electron chi connectivity index (χ3n) is 2.62. The molecule has 0 bridgehead atoms. The molecule has 1 aromatic carbocycles. The molecule has 0 saturated carbocycles. The fourth-order valence-corrected chi connectivity index (χ4v) is 1.56. The molecule has 6 heteroatoms. The molecule has 0 aliphatic heterocycles. The van der Waals surface area contributed by atoms with E-state index in [4.69, 9.17) is 15.2 Å². The number of Topliss-reactive ketones (excluding diaryl/α,β-unsaturated/α-hetero) is 1. The van der Waals surface area contributed by atoms with Crippen molar-refractivity contribution in [2.45, 2.75) is 12.5 Å². The van der Waals surface area contributed by atoms with Gasteiger partial charge in [0.2, 0.25) is 0 Å². The van der Waals surface area contributed by atoms with Gasteiger partial charge in [0.25, 0.3) is 0 Å². The van der Waals surface area contributed by atoms with Gasteiger partial charge in [-0.25, -0.2) is 0 Å². The Labute approximate surface area is 111 Å². The highest BCUT2D eigenvalue weighted by Gasteiger charge is 2.20. The van der Waals surface area contributed by atoms with Crippen molar-refractivity contribution in [3.8, 4) is 11.5 Å². The molecule has 0 spiro atoms. The summed E-state index contributed by atoms with van der Waals surface area (Å²) in [5.41, 5.74) is 6.02. The Kier molecular flexibility index (Phi) is 5.32. The van der Waals surface area contributed by atoms with Gasteiger partial charge in [0.1, 0.15) is 0 Å². The molecule has 0 radical (unpaired) electrons. The zero-order chi connectivity index (χ0) is 14.4. The highest BCUT2D eigenvalue weighted by Crippen LogP contribution is 2.28. The Morgan fingerprint density at radius 3 is 2.32 bits per heavy atom. The van der Waals surface area contributed by atoms with E-state index in [1.54, 1.807) is 12.1 Å². The quantitative estimate of drug-likeness (QED) is 0.605. The summed E-state index contributed by atoms with van der Waals surface area (Å²) in [7, 11) is 4.22. The topological polar surface area (TPSA) is 87.9 Å². The van der Waals surface area contributed by atoms with Crippen LogP contribution in [0.1, 0.15) is 16.8 Å². The first-order valence-corrected chi connectivity index (χ1v) is 5.62. The second-order valence-electron chi connectivity index (χ2n) is 3.82. The third kappa shape index (κ3) is 3.69. The molecule has 6 nitrogen and oxygen atoms in total. The standard InChI is InChI=1S/C13H17NO5/c1-17-10-5-4-8(6-11(10)18-2)13(16)9(14)7-12(15)19-3/h4-6,9H,7,14H2,1-3H3. The van der Waals surface area contributed by atoms with Gasteiger partial charge < -0.3 is 19.9 Å². The van der Waals surface area contributed by atoms with Crippen LogP contribution in [0, 0.1) is 0 Å². The van der Waals surface area contributed by atoms with Crippen molar-refractivity contribution in [3.05, 3.63) is 23.8 Å². The second kappa shape index (κ2) is 6.75. The van der Waals surface area contributed by atoms with Crippen LogP contribution in [0.5, 0.6) is 11.5 Å². The number of esters is 1. The molecule has 0 aromatic heterocycles. The van der Waals surface area contributed by atoms with Crippen molar-refractivity contribution >= 4 is 11.8 Å². The maximum Gasteiger partial charge on any atom is 0.307 e. The molecule has 1 atom stereocenters. The van der Waals surface area contributed by atoms with Crippen molar-refractivity contribution in [3.63, 3.8) is 0 Å². The first kappa shape index (κ1) is 15.0. The van der Waals surface area contributed by atoms with Gasteiger partial charge in [-0.1, -0.05) is 0 Å². The van der Waals surface area contributed by atoms with E-state index in [9.17, 15) is 9.59 Å². The van der Waals surface area contributed by atoms with E-state index >= 15 is 0 Å². The minimum absolute atomic E-state index is 0.163. The number of benzene rings is 1. The molecule has 1 unspecified atom stereocenters. The highest BCUT2D eigenvalue weighted by molar-refractivity contribution is 6.02. The number of methoxy groups -OCH3 is 3. The van der Waals surface area contributed by atoms with E-state index in [-0.39, 0.29) is 12.2 Å². The van der Waals surface area contributed by atoms with Crippen LogP contribution in [0.25, 0.3) is 0 Å². The molecule has 2 N–H and O–H groups in total. The van der Waals surface area contributed by atoms with Crippen LogP contribution >= 0.6 is 0 Å². The summed E-state index contributed by atoms with van der Waals surface area (Å²) in [4.78, 5) is 23.1. The van der Waals surface area contributed by atoms with E-state index in [0.29, 0.717) is 17.1 Å². The van der Waals surface area contributed by atoms with Crippen molar-refractivity contribution in [1.29, 1.82) is 0 Å². The van der Waals surface area contributed by atoms with Crippen molar-refractivity contribution in [2.75, 3.05) is 21.3 Å². The Morgan fingerprint density at radius 2 is 1.79 bits per heavy atom. The van der Waals surface area contributed by atoms with Gasteiger partial charge in [0, 0.05) is 5.56 Å². The van der Waals surface area contributed by atoms with Crippen LogP contribution < -0.4 is 15.2 Å². The molecule has 1 rings (SSSR count). The van der Waals surface area contributed by atoms with E-state index in [2.05, 4.69) is 4.74 Å². The zero-order valence-electron chi connectivity index (χ0n) is 11.1. The number of rotatable bonds is 6. The maximum absolute atomic E-state index is 12.0. The molecular formula is C13H17NO5. The molecule has 0 aliphatic carbocycles. The normalized spacial score (nSPS) is 11.6. The molecule has 0 amide bonds. The second-order valence-corrected chi connectivity index (χ2v) is 3.82. The van der Waals surface area contributed by atoms with Gasteiger partial charge in [-0.05, 0) is 18.2 Å². The highest BCUT2D eigenvalue weighted by atomic mass is 16.5. The minimum atomic E-state index is -0.939. The summed E-state index contributed by atoms with van der Waals surface area (Å²) in [6, 6.07) is 3.77. The molecule has 0 fully saturated rings. The van der Waals surface area contributed by atoms with E-state index in [1.807, 2.05) is 0 Å². The Bertz CT molecular complexity index is 472. The van der Waals surface area contributed by atoms with Gasteiger partial charge in [0.15, 0.2) is 17.3 Å². The molecule has 104 valence electrons. The lowest BCUT2D eigenvalue weighted by Crippen LogP contribution is -2.33. The van der Waals surface area contributed by atoms with Crippen LogP contribution in [-0.4, -0.2) is 39.1 Å². The zero-order valence-corrected chi connectivity index (χ0v) is 11.1. The number of hydrogen-bond acceptors (Lipinski definition) is 6. The number of carbonyl (C=O) groups excluding carboxylic acids is 2. The van der Waals surface area contributed by atoms with Crippen LogP contribution in [0.2, 0.25) is 0 Å². The van der Waals surface area contributed by atoms with E-state index < -0.39 is 12.0 Å². The fraction of sp³-hybridized carbons (Fsp3) is 0.385. The van der Waals surface area contributed by atoms with E-state index in [1.165, 1.54) is 27.4 Å². The number of hydrogen-bond donors (Lipinski definition) is 1. The maximum atomic E-state index is 12.0. The van der Waals surface area contributed by atoms with Crippen molar-refractivity contribution < 1.29 is 23.8 Å². The van der Waals surface area contributed by atoms with Crippen LogP contribution in [-0.2, 0) is 9.53 Å². The molecule has 0 aliphatic rings. The summed E-state index contributed by atoms with van der Waals surface area (Å²) in [5.74, 6) is 0.0619. The first-order valence-electron chi connectivity index (χ1n) is 5.62. The third-order valence-corrected chi connectivity index (χ3v) is 2.62.